The zero-order chi connectivity index (χ0) is 29.9. The Balaban J connectivity index is 1.86. The van der Waals surface area contributed by atoms with Gasteiger partial charge in [0, 0.05) is 16.8 Å². The van der Waals surface area contributed by atoms with Crippen molar-refractivity contribution >= 4 is 63.8 Å². The predicted octanol–water partition coefficient (Wildman–Crippen LogP) is 7.88. The Hall–Kier alpha value is -2.67. The highest BCUT2D eigenvalue weighted by Gasteiger charge is 2.45. The van der Waals surface area contributed by atoms with Crippen LogP contribution in [0.2, 0.25) is 15.1 Å². The first kappa shape index (κ1) is 31.3. The van der Waals surface area contributed by atoms with Gasteiger partial charge >= 0.3 is 12.5 Å². The lowest BCUT2D eigenvalue weighted by Crippen LogP contribution is -2.47. The molecule has 1 atom stereocenters. The zero-order valence-corrected chi connectivity index (χ0v) is 24.4. The van der Waals surface area contributed by atoms with Gasteiger partial charge in [-0.15, -0.1) is 5.10 Å². The predicted molar refractivity (Wildman–Crippen MR) is 149 cm³/mol. The molecule has 1 saturated carbocycles. The molecule has 2 amide bonds. The molecule has 1 heterocycles. The number of halogens is 7. The summed E-state index contributed by atoms with van der Waals surface area (Å²) >= 11 is 19.4. The SMILES string of the molecule is Cc1nnsc1C(=O)N(c1cc(Cl)c(OC(F)(F)C(F)F)c(Cl)c1)C(C(=O)NC1CCCCC1)c1cccc(Cl)c1. The van der Waals surface area contributed by atoms with E-state index >= 15 is 0 Å². The zero-order valence-electron chi connectivity index (χ0n) is 21.4. The van der Waals surface area contributed by atoms with Gasteiger partial charge in [0.15, 0.2) is 5.75 Å². The molecular formula is C26H23Cl3F4N4O3S. The van der Waals surface area contributed by atoms with Crippen molar-refractivity contribution in [3.63, 3.8) is 0 Å². The first-order valence-corrected chi connectivity index (χ1v) is 14.3. The fraction of sp³-hybridized carbons (Fsp3) is 0.385. The highest BCUT2D eigenvalue weighted by molar-refractivity contribution is 7.08. The third kappa shape index (κ3) is 7.22. The normalized spacial score (nSPS) is 15.0. The van der Waals surface area contributed by atoms with Crippen LogP contribution in [0.4, 0.5) is 23.2 Å². The van der Waals surface area contributed by atoms with Gasteiger partial charge in [0.25, 0.3) is 5.91 Å². The molecule has 1 N–H and O–H groups in total. The lowest BCUT2D eigenvalue weighted by molar-refractivity contribution is -0.253. The average Bonchev–Trinajstić information content (AvgIpc) is 3.35. The van der Waals surface area contributed by atoms with Crippen LogP contribution in [-0.2, 0) is 4.79 Å². The van der Waals surface area contributed by atoms with Crippen molar-refractivity contribution in [2.75, 3.05) is 4.90 Å². The standard InChI is InChI=1S/C26H23Cl3F4N4O3S/c1-13-22(41-36-35-13)24(39)37(17-11-18(28)21(19(29)12-17)40-26(32,33)25(30)31)20(14-6-5-7-15(27)10-14)23(38)34-16-8-3-2-4-9-16/h5-7,10-12,16,20,25H,2-4,8-9H2,1H3,(H,34,38). The number of alkyl halides is 4. The lowest BCUT2D eigenvalue weighted by atomic mass is 9.94. The van der Waals surface area contributed by atoms with E-state index in [1.807, 2.05) is 0 Å². The number of aryl methyl sites for hydroxylation is 1. The molecule has 41 heavy (non-hydrogen) atoms. The molecule has 220 valence electrons. The maximum atomic E-state index is 14.1. The molecule has 2 aromatic carbocycles. The number of hydrogen-bond acceptors (Lipinski definition) is 6. The first-order chi connectivity index (χ1) is 19.4. The molecule has 7 nitrogen and oxygen atoms in total. The lowest BCUT2D eigenvalue weighted by Gasteiger charge is -2.33. The highest BCUT2D eigenvalue weighted by Crippen LogP contribution is 2.43. The van der Waals surface area contributed by atoms with Gasteiger partial charge in [-0.1, -0.05) is 70.7 Å². The van der Waals surface area contributed by atoms with Crippen LogP contribution in [0.5, 0.6) is 5.75 Å². The molecule has 1 fully saturated rings. The molecule has 1 aromatic heterocycles. The summed E-state index contributed by atoms with van der Waals surface area (Å²) in [6.45, 7) is 1.55. The van der Waals surface area contributed by atoms with Gasteiger partial charge in [-0.05, 0) is 61.1 Å². The molecule has 1 aliphatic rings. The molecule has 0 spiro atoms. The van der Waals surface area contributed by atoms with Crippen LogP contribution in [0.25, 0.3) is 0 Å². The number of aromatic nitrogens is 2. The van der Waals surface area contributed by atoms with Crippen LogP contribution in [0, 0.1) is 6.92 Å². The number of carbonyl (C=O) groups is 2. The van der Waals surface area contributed by atoms with E-state index in [9.17, 15) is 27.2 Å². The van der Waals surface area contributed by atoms with Crippen molar-refractivity contribution < 1.29 is 31.9 Å². The van der Waals surface area contributed by atoms with E-state index in [4.69, 9.17) is 34.8 Å². The molecule has 3 aromatic rings. The maximum absolute atomic E-state index is 14.1. The van der Waals surface area contributed by atoms with Gasteiger partial charge < -0.3 is 10.1 Å². The van der Waals surface area contributed by atoms with Crippen LogP contribution in [-0.4, -0.2) is 40.0 Å². The molecule has 4 rings (SSSR count). The molecule has 15 heteroatoms. The van der Waals surface area contributed by atoms with E-state index in [0.29, 0.717) is 5.56 Å². The van der Waals surface area contributed by atoms with Gasteiger partial charge in [-0.2, -0.15) is 17.6 Å². The fourth-order valence-corrected chi connectivity index (χ4v) is 5.85. The van der Waals surface area contributed by atoms with Crippen molar-refractivity contribution in [1.82, 2.24) is 14.9 Å². The molecule has 0 aliphatic heterocycles. The Morgan fingerprint density at radius 1 is 1.10 bits per heavy atom. The summed E-state index contributed by atoms with van der Waals surface area (Å²) in [5, 5.41) is 5.98. The number of rotatable bonds is 9. The third-order valence-electron chi connectivity index (χ3n) is 6.44. The van der Waals surface area contributed by atoms with E-state index < -0.39 is 46.2 Å². The van der Waals surface area contributed by atoms with Gasteiger partial charge in [-0.3, -0.25) is 14.5 Å². The van der Waals surface area contributed by atoms with Gasteiger partial charge in [0.05, 0.1) is 15.7 Å². The third-order valence-corrected chi connectivity index (χ3v) is 8.05. The first-order valence-electron chi connectivity index (χ1n) is 12.4. The van der Waals surface area contributed by atoms with Crippen molar-refractivity contribution in [2.45, 2.75) is 63.6 Å². The average molecular weight is 654 g/mol. The second kappa shape index (κ2) is 13.1. The number of anilines is 1. The largest absolute Gasteiger partial charge is 0.461 e. The summed E-state index contributed by atoms with van der Waals surface area (Å²) in [5.41, 5.74) is 0.497. The second-order valence-corrected chi connectivity index (χ2v) is 11.4. The number of amides is 2. The van der Waals surface area contributed by atoms with Crippen molar-refractivity contribution in [2.24, 2.45) is 0 Å². The van der Waals surface area contributed by atoms with Crippen LogP contribution in [0.15, 0.2) is 36.4 Å². The van der Waals surface area contributed by atoms with Crippen molar-refractivity contribution in [1.29, 1.82) is 0 Å². The van der Waals surface area contributed by atoms with Gasteiger partial charge in [-0.25, -0.2) is 0 Å². The highest BCUT2D eigenvalue weighted by atomic mass is 35.5. The number of nitrogens with zero attached hydrogens (tertiary/aromatic N) is 3. The maximum Gasteiger partial charge on any atom is 0.461 e. The Labute approximate surface area is 251 Å². The minimum atomic E-state index is -4.89. The molecule has 1 unspecified atom stereocenters. The monoisotopic (exact) mass is 652 g/mol. The number of ether oxygens (including phenoxy) is 1. The Morgan fingerprint density at radius 2 is 1.76 bits per heavy atom. The minimum absolute atomic E-state index is 0.0827. The quantitative estimate of drug-likeness (QED) is 0.238. The minimum Gasteiger partial charge on any atom is -0.425 e. The molecule has 0 saturated heterocycles. The summed E-state index contributed by atoms with van der Waals surface area (Å²) in [4.78, 5) is 29.2. The van der Waals surface area contributed by atoms with Crippen molar-refractivity contribution in [3.8, 4) is 5.75 Å². The Bertz CT molecular complexity index is 1400. The summed E-state index contributed by atoms with van der Waals surface area (Å²) < 4.78 is 60.9. The van der Waals surface area contributed by atoms with E-state index in [0.717, 1.165) is 60.7 Å². The Morgan fingerprint density at radius 3 is 2.32 bits per heavy atom. The summed E-state index contributed by atoms with van der Waals surface area (Å²) in [6, 6.07) is 6.87. The number of nitrogens with one attached hydrogen (secondary N) is 1. The van der Waals surface area contributed by atoms with E-state index in [1.165, 1.54) is 6.07 Å². The Kier molecular flexibility index (Phi) is 9.99. The topological polar surface area (TPSA) is 84.4 Å². The van der Waals surface area contributed by atoms with Crippen LogP contribution in [0.3, 0.4) is 0 Å². The number of benzene rings is 2. The van der Waals surface area contributed by atoms with Gasteiger partial charge in [0.2, 0.25) is 5.91 Å². The summed E-state index contributed by atoms with van der Waals surface area (Å²) in [7, 11) is 0. The van der Waals surface area contributed by atoms with E-state index in [-0.39, 0.29) is 27.3 Å². The molecule has 0 radical (unpaired) electrons. The van der Waals surface area contributed by atoms with Gasteiger partial charge in [0.1, 0.15) is 10.9 Å². The molecule has 0 bridgehead atoms. The summed E-state index contributed by atoms with van der Waals surface area (Å²) in [6.07, 6.45) is -4.65. The summed E-state index contributed by atoms with van der Waals surface area (Å²) in [5.74, 6) is -2.18. The number of carbonyl (C=O) groups excluding carboxylic acids is 2. The molecular weight excluding hydrogens is 631 g/mol. The second-order valence-electron chi connectivity index (χ2n) is 9.37. The van der Waals surface area contributed by atoms with Crippen LogP contribution in [0.1, 0.15) is 59.1 Å². The van der Waals surface area contributed by atoms with E-state index in [2.05, 4.69) is 19.6 Å². The number of hydrogen-bond donors (Lipinski definition) is 1. The smallest absolute Gasteiger partial charge is 0.425 e. The van der Waals surface area contributed by atoms with Crippen LogP contribution < -0.4 is 15.0 Å². The fourth-order valence-electron chi connectivity index (χ4n) is 4.51. The van der Waals surface area contributed by atoms with E-state index in [1.54, 1.807) is 25.1 Å². The molecule has 1 aliphatic carbocycles. The van der Waals surface area contributed by atoms with Crippen molar-refractivity contribution in [3.05, 3.63) is 67.6 Å². The van der Waals surface area contributed by atoms with Crippen LogP contribution >= 0.6 is 46.3 Å².